The van der Waals surface area contributed by atoms with E-state index in [2.05, 4.69) is 39.2 Å². The summed E-state index contributed by atoms with van der Waals surface area (Å²) in [5.74, 6) is 0.135. The molecule has 1 atom stereocenters. The van der Waals surface area contributed by atoms with Gasteiger partial charge >= 0.3 is 0 Å². The third kappa shape index (κ3) is 2.72. The Hall–Kier alpha value is -2.69. The van der Waals surface area contributed by atoms with Gasteiger partial charge in [0.2, 0.25) is 0 Å². The standard InChI is InChI=1S/C23H26N4O/c1-14-13-19(21-15(2)25-26(3)22(21)24-14)23(28)27(17-11-12-17)20-10-6-8-16-7-4-5-9-18(16)20/h4-5,7,9,13,17,20H,6,8,10-12H2,1-3H3. The zero-order chi connectivity index (χ0) is 19.4. The van der Waals surface area contributed by atoms with Crippen LogP contribution in [0.5, 0.6) is 0 Å². The molecule has 5 heteroatoms. The summed E-state index contributed by atoms with van der Waals surface area (Å²) in [4.78, 5) is 20.7. The van der Waals surface area contributed by atoms with Gasteiger partial charge in [0, 0.05) is 18.8 Å². The lowest BCUT2D eigenvalue weighted by atomic mass is 9.86. The van der Waals surface area contributed by atoms with Gasteiger partial charge < -0.3 is 4.90 Å². The van der Waals surface area contributed by atoms with Gasteiger partial charge in [0.15, 0.2) is 5.65 Å². The monoisotopic (exact) mass is 374 g/mol. The molecule has 144 valence electrons. The van der Waals surface area contributed by atoms with Crippen molar-refractivity contribution in [1.29, 1.82) is 0 Å². The predicted molar refractivity (Wildman–Crippen MR) is 109 cm³/mol. The Bertz CT molecular complexity index is 1080. The summed E-state index contributed by atoms with van der Waals surface area (Å²) in [5, 5.41) is 5.42. The SMILES string of the molecule is Cc1cc(C(=O)N(C2CC2)C2CCCc3ccccc32)c2c(C)nn(C)c2n1. The fourth-order valence-corrected chi connectivity index (χ4v) is 4.81. The molecule has 1 fully saturated rings. The van der Waals surface area contributed by atoms with Crippen LogP contribution in [0.4, 0.5) is 0 Å². The highest BCUT2D eigenvalue weighted by Gasteiger charge is 2.40. The molecule has 28 heavy (non-hydrogen) atoms. The summed E-state index contributed by atoms with van der Waals surface area (Å²) < 4.78 is 1.78. The van der Waals surface area contributed by atoms with Crippen LogP contribution in [0.1, 0.15) is 64.6 Å². The summed E-state index contributed by atoms with van der Waals surface area (Å²) in [6.07, 6.45) is 5.49. The molecule has 3 aromatic rings. The quantitative estimate of drug-likeness (QED) is 0.688. The molecule has 0 spiro atoms. The van der Waals surface area contributed by atoms with Crippen molar-refractivity contribution in [3.63, 3.8) is 0 Å². The Morgan fingerprint density at radius 1 is 1.18 bits per heavy atom. The van der Waals surface area contributed by atoms with Crippen LogP contribution in [0.2, 0.25) is 0 Å². The van der Waals surface area contributed by atoms with Crippen molar-refractivity contribution in [3.8, 4) is 0 Å². The van der Waals surface area contributed by atoms with Crippen LogP contribution in [0.25, 0.3) is 11.0 Å². The number of hydrogen-bond donors (Lipinski definition) is 0. The topological polar surface area (TPSA) is 51.0 Å². The third-order valence-corrected chi connectivity index (χ3v) is 6.18. The summed E-state index contributed by atoms with van der Waals surface area (Å²) in [6, 6.07) is 11.1. The first-order valence-electron chi connectivity index (χ1n) is 10.3. The average Bonchev–Trinajstić information content (AvgIpc) is 3.48. The van der Waals surface area contributed by atoms with Gasteiger partial charge in [-0.15, -0.1) is 0 Å². The number of carbonyl (C=O) groups excluding carboxylic acids is 1. The van der Waals surface area contributed by atoms with Gasteiger partial charge in [0.25, 0.3) is 5.91 Å². The molecule has 0 radical (unpaired) electrons. The molecule has 1 saturated carbocycles. The van der Waals surface area contributed by atoms with Crippen LogP contribution in [0.15, 0.2) is 30.3 Å². The number of fused-ring (bicyclic) bond motifs is 2. The number of aryl methyl sites for hydroxylation is 4. The lowest BCUT2D eigenvalue weighted by Crippen LogP contribution is -2.38. The molecule has 0 bridgehead atoms. The largest absolute Gasteiger partial charge is 0.329 e. The van der Waals surface area contributed by atoms with E-state index < -0.39 is 0 Å². The summed E-state index contributed by atoms with van der Waals surface area (Å²) in [5.41, 5.74) is 6.00. The highest BCUT2D eigenvalue weighted by atomic mass is 16.2. The van der Waals surface area contributed by atoms with Crippen LogP contribution in [-0.4, -0.2) is 31.6 Å². The third-order valence-electron chi connectivity index (χ3n) is 6.18. The van der Waals surface area contributed by atoms with Gasteiger partial charge in [0.05, 0.1) is 22.7 Å². The first-order chi connectivity index (χ1) is 13.5. The first kappa shape index (κ1) is 17.4. The summed E-state index contributed by atoms with van der Waals surface area (Å²) >= 11 is 0. The fraction of sp³-hybridized carbons (Fsp3) is 0.435. The molecule has 2 heterocycles. The number of rotatable bonds is 3. The van der Waals surface area contributed by atoms with Crippen molar-refractivity contribution in [1.82, 2.24) is 19.7 Å². The van der Waals surface area contributed by atoms with Crippen molar-refractivity contribution in [2.75, 3.05) is 0 Å². The zero-order valence-electron chi connectivity index (χ0n) is 16.8. The van der Waals surface area contributed by atoms with E-state index in [0.717, 1.165) is 60.1 Å². The molecule has 0 aliphatic heterocycles. The molecule has 2 aliphatic rings. The van der Waals surface area contributed by atoms with Crippen molar-refractivity contribution < 1.29 is 4.79 Å². The maximum atomic E-state index is 13.9. The molecule has 1 unspecified atom stereocenters. The molecular weight excluding hydrogens is 348 g/mol. The molecule has 1 aromatic carbocycles. The molecule has 1 amide bonds. The van der Waals surface area contributed by atoms with Crippen LogP contribution in [0.3, 0.4) is 0 Å². The lowest BCUT2D eigenvalue weighted by molar-refractivity contribution is 0.0639. The number of hydrogen-bond acceptors (Lipinski definition) is 3. The molecule has 5 nitrogen and oxygen atoms in total. The van der Waals surface area contributed by atoms with Crippen LogP contribution < -0.4 is 0 Å². The second-order valence-electron chi connectivity index (χ2n) is 8.27. The summed E-state index contributed by atoms with van der Waals surface area (Å²) in [6.45, 7) is 3.92. The molecular formula is C23H26N4O. The van der Waals surface area contributed by atoms with Crippen molar-refractivity contribution in [2.45, 2.75) is 58.0 Å². The number of pyridine rings is 1. The Morgan fingerprint density at radius 3 is 2.75 bits per heavy atom. The van der Waals surface area contributed by atoms with Gasteiger partial charge in [-0.2, -0.15) is 5.10 Å². The van der Waals surface area contributed by atoms with E-state index in [0.29, 0.717) is 6.04 Å². The van der Waals surface area contributed by atoms with E-state index in [4.69, 9.17) is 0 Å². The minimum Gasteiger partial charge on any atom is -0.329 e. The molecule has 2 aliphatic carbocycles. The fourth-order valence-electron chi connectivity index (χ4n) is 4.81. The van der Waals surface area contributed by atoms with Crippen molar-refractivity contribution in [2.24, 2.45) is 7.05 Å². The van der Waals surface area contributed by atoms with Crippen molar-refractivity contribution in [3.05, 3.63) is 58.4 Å². The Labute approximate surface area is 165 Å². The lowest BCUT2D eigenvalue weighted by Gasteiger charge is -2.36. The number of amides is 1. The average molecular weight is 374 g/mol. The highest BCUT2D eigenvalue weighted by Crippen LogP contribution is 2.42. The van der Waals surface area contributed by atoms with E-state index in [1.165, 1.54) is 11.1 Å². The van der Waals surface area contributed by atoms with E-state index in [9.17, 15) is 4.79 Å². The second kappa shape index (κ2) is 6.43. The van der Waals surface area contributed by atoms with Gasteiger partial charge in [-0.05, 0) is 63.1 Å². The van der Waals surface area contributed by atoms with Gasteiger partial charge in [0.1, 0.15) is 0 Å². The van der Waals surface area contributed by atoms with E-state index >= 15 is 0 Å². The molecule has 2 aromatic heterocycles. The van der Waals surface area contributed by atoms with Crippen LogP contribution in [-0.2, 0) is 13.5 Å². The number of carbonyl (C=O) groups is 1. The van der Waals surface area contributed by atoms with Gasteiger partial charge in [-0.1, -0.05) is 24.3 Å². The Kier molecular flexibility index (Phi) is 4.00. The highest BCUT2D eigenvalue weighted by molar-refractivity contribution is 6.07. The van der Waals surface area contributed by atoms with Crippen LogP contribution in [0, 0.1) is 13.8 Å². The Balaban J connectivity index is 1.64. The number of aromatic nitrogens is 3. The van der Waals surface area contributed by atoms with E-state index in [1.54, 1.807) is 4.68 Å². The first-order valence-corrected chi connectivity index (χ1v) is 10.3. The smallest absolute Gasteiger partial charge is 0.255 e. The summed E-state index contributed by atoms with van der Waals surface area (Å²) in [7, 11) is 1.89. The van der Waals surface area contributed by atoms with Crippen molar-refractivity contribution >= 4 is 16.9 Å². The second-order valence-corrected chi connectivity index (χ2v) is 8.27. The van der Waals surface area contributed by atoms with Gasteiger partial charge in [-0.3, -0.25) is 9.48 Å². The van der Waals surface area contributed by atoms with E-state index in [-0.39, 0.29) is 11.9 Å². The minimum absolute atomic E-state index is 0.135. The minimum atomic E-state index is 0.135. The normalized spacial score (nSPS) is 18.9. The maximum Gasteiger partial charge on any atom is 0.255 e. The molecule has 0 N–H and O–H groups in total. The predicted octanol–water partition coefficient (Wildman–Crippen LogP) is 4.27. The van der Waals surface area contributed by atoms with E-state index in [1.807, 2.05) is 27.0 Å². The number of benzene rings is 1. The molecule has 5 rings (SSSR count). The van der Waals surface area contributed by atoms with Gasteiger partial charge in [-0.25, -0.2) is 4.98 Å². The van der Waals surface area contributed by atoms with Crippen LogP contribution >= 0.6 is 0 Å². The zero-order valence-corrected chi connectivity index (χ0v) is 16.8. The number of nitrogens with zero attached hydrogens (tertiary/aromatic N) is 4. The maximum absolute atomic E-state index is 13.9. The molecule has 0 saturated heterocycles. The Morgan fingerprint density at radius 2 is 1.96 bits per heavy atom.